The van der Waals surface area contributed by atoms with E-state index in [1.165, 1.54) is 11.3 Å². The van der Waals surface area contributed by atoms with Crippen LogP contribution in [0.4, 0.5) is 5.69 Å². The maximum atomic E-state index is 6.19. The quantitative estimate of drug-likeness (QED) is 0.906. The molecule has 20 heavy (non-hydrogen) atoms. The summed E-state index contributed by atoms with van der Waals surface area (Å²) in [7, 11) is 2.16. The summed E-state index contributed by atoms with van der Waals surface area (Å²) in [4.78, 5) is 2.35. The van der Waals surface area contributed by atoms with Crippen LogP contribution in [-0.2, 0) is 11.2 Å². The van der Waals surface area contributed by atoms with Gasteiger partial charge < -0.3 is 15.4 Å². The number of ether oxygens (including phenoxy) is 1. The minimum Gasteiger partial charge on any atom is -0.381 e. The molecule has 4 heteroatoms. The molecule has 1 heterocycles. The lowest BCUT2D eigenvalue weighted by Crippen LogP contribution is -2.37. The zero-order chi connectivity index (χ0) is 14.5. The molecule has 0 amide bonds. The van der Waals surface area contributed by atoms with Crippen molar-refractivity contribution in [3.63, 3.8) is 0 Å². The van der Waals surface area contributed by atoms with E-state index in [1.807, 2.05) is 6.07 Å². The van der Waals surface area contributed by atoms with Crippen molar-refractivity contribution in [3.05, 3.63) is 28.8 Å². The molecule has 1 atom stereocenters. The Kier molecular flexibility index (Phi) is 5.70. The van der Waals surface area contributed by atoms with Crippen LogP contribution in [0.25, 0.3) is 0 Å². The van der Waals surface area contributed by atoms with Crippen molar-refractivity contribution in [2.75, 3.05) is 25.2 Å². The molecule has 1 aliphatic rings. The number of nitrogens with two attached hydrogens (primary N) is 1. The molecule has 112 valence electrons. The van der Waals surface area contributed by atoms with Crippen molar-refractivity contribution >= 4 is 17.3 Å². The second kappa shape index (κ2) is 7.30. The largest absolute Gasteiger partial charge is 0.381 e. The van der Waals surface area contributed by atoms with E-state index in [0.717, 1.165) is 43.9 Å². The fourth-order valence-corrected chi connectivity index (χ4v) is 2.90. The van der Waals surface area contributed by atoms with Gasteiger partial charge in [0.15, 0.2) is 0 Å². The van der Waals surface area contributed by atoms with Crippen LogP contribution in [0.3, 0.4) is 0 Å². The van der Waals surface area contributed by atoms with E-state index >= 15 is 0 Å². The van der Waals surface area contributed by atoms with Gasteiger partial charge in [-0.05, 0) is 43.4 Å². The minimum absolute atomic E-state index is 0.206. The van der Waals surface area contributed by atoms with E-state index in [9.17, 15) is 0 Å². The highest BCUT2D eigenvalue weighted by atomic mass is 35.5. The number of hydrogen-bond acceptors (Lipinski definition) is 3. The molecule has 2 rings (SSSR count). The first-order valence-electron chi connectivity index (χ1n) is 7.46. The molecule has 1 aromatic carbocycles. The van der Waals surface area contributed by atoms with Crippen LogP contribution >= 0.6 is 11.6 Å². The monoisotopic (exact) mass is 296 g/mol. The van der Waals surface area contributed by atoms with Gasteiger partial charge in [-0.15, -0.1) is 0 Å². The zero-order valence-corrected chi connectivity index (χ0v) is 13.2. The Bertz CT molecular complexity index is 432. The highest BCUT2D eigenvalue weighted by Crippen LogP contribution is 2.29. The second-order valence-corrected chi connectivity index (χ2v) is 6.04. The zero-order valence-electron chi connectivity index (χ0n) is 12.4. The lowest BCUT2D eigenvalue weighted by atomic mass is 10.00. The molecule has 0 aliphatic carbocycles. The van der Waals surface area contributed by atoms with Crippen LogP contribution in [-0.4, -0.2) is 32.3 Å². The summed E-state index contributed by atoms with van der Waals surface area (Å²) in [6, 6.07) is 6.87. The lowest BCUT2D eigenvalue weighted by molar-refractivity contribution is 0.0854. The SMILES string of the molecule is CCC(N)Cc1ccc(Cl)cc1N(C)C1CCOCC1. The van der Waals surface area contributed by atoms with Crippen molar-refractivity contribution < 1.29 is 4.74 Å². The molecular formula is C16H25ClN2O. The van der Waals surface area contributed by atoms with Gasteiger partial charge in [-0.1, -0.05) is 24.6 Å². The average Bonchev–Trinajstić information content (AvgIpc) is 2.49. The molecule has 0 aromatic heterocycles. The van der Waals surface area contributed by atoms with E-state index in [2.05, 4.69) is 31.0 Å². The topological polar surface area (TPSA) is 38.5 Å². The van der Waals surface area contributed by atoms with Gasteiger partial charge in [-0.25, -0.2) is 0 Å². The minimum atomic E-state index is 0.206. The average molecular weight is 297 g/mol. The maximum absolute atomic E-state index is 6.19. The van der Waals surface area contributed by atoms with E-state index in [0.29, 0.717) is 6.04 Å². The summed E-state index contributed by atoms with van der Waals surface area (Å²) in [6.45, 7) is 3.82. The molecule has 2 N–H and O–H groups in total. The van der Waals surface area contributed by atoms with Crippen molar-refractivity contribution in [1.82, 2.24) is 0 Å². The number of hydrogen-bond donors (Lipinski definition) is 1. The van der Waals surface area contributed by atoms with Crippen LogP contribution in [0.1, 0.15) is 31.7 Å². The number of benzene rings is 1. The number of nitrogens with zero attached hydrogens (tertiary/aromatic N) is 1. The smallest absolute Gasteiger partial charge is 0.0485 e. The third kappa shape index (κ3) is 3.87. The van der Waals surface area contributed by atoms with Gasteiger partial charge in [0.25, 0.3) is 0 Å². The molecule has 1 aliphatic heterocycles. The van der Waals surface area contributed by atoms with Crippen LogP contribution in [0.15, 0.2) is 18.2 Å². The van der Waals surface area contributed by atoms with Gasteiger partial charge in [0.2, 0.25) is 0 Å². The Labute approximate surface area is 127 Å². The second-order valence-electron chi connectivity index (χ2n) is 5.60. The fraction of sp³-hybridized carbons (Fsp3) is 0.625. The highest BCUT2D eigenvalue weighted by molar-refractivity contribution is 6.30. The Morgan fingerprint density at radius 1 is 1.40 bits per heavy atom. The van der Waals surface area contributed by atoms with E-state index in [-0.39, 0.29) is 6.04 Å². The maximum Gasteiger partial charge on any atom is 0.0485 e. The normalized spacial score (nSPS) is 18.0. The van der Waals surface area contributed by atoms with Gasteiger partial charge in [-0.3, -0.25) is 0 Å². The number of rotatable bonds is 5. The molecule has 1 aromatic rings. The molecule has 0 saturated carbocycles. The molecule has 0 radical (unpaired) electrons. The van der Waals surface area contributed by atoms with Crippen LogP contribution in [0, 0.1) is 0 Å². The van der Waals surface area contributed by atoms with Gasteiger partial charge in [0.1, 0.15) is 0 Å². The van der Waals surface area contributed by atoms with E-state index < -0.39 is 0 Å². The van der Waals surface area contributed by atoms with Gasteiger partial charge in [0.05, 0.1) is 0 Å². The third-order valence-electron chi connectivity index (χ3n) is 4.17. The molecule has 1 fully saturated rings. The standard InChI is InChI=1S/C16H25ClN2O/c1-3-14(18)10-12-4-5-13(17)11-16(12)19(2)15-6-8-20-9-7-15/h4-5,11,14-15H,3,6-10,18H2,1-2H3. The first kappa shape index (κ1) is 15.6. The molecule has 0 bridgehead atoms. The summed E-state index contributed by atoms with van der Waals surface area (Å²) < 4.78 is 5.45. The van der Waals surface area contributed by atoms with Gasteiger partial charge in [-0.2, -0.15) is 0 Å². The number of anilines is 1. The number of halogens is 1. The van der Waals surface area contributed by atoms with Gasteiger partial charge in [0, 0.05) is 43.1 Å². The summed E-state index contributed by atoms with van der Waals surface area (Å²) >= 11 is 6.19. The van der Waals surface area contributed by atoms with Crippen LogP contribution < -0.4 is 10.6 Å². The van der Waals surface area contributed by atoms with Crippen molar-refractivity contribution in [2.45, 2.75) is 44.7 Å². The Balaban J connectivity index is 2.20. The molecule has 1 saturated heterocycles. The summed E-state index contributed by atoms with van der Waals surface area (Å²) in [5.41, 5.74) is 8.62. The third-order valence-corrected chi connectivity index (χ3v) is 4.41. The Hall–Kier alpha value is -0.770. The summed E-state index contributed by atoms with van der Waals surface area (Å²) in [5, 5.41) is 0.785. The fourth-order valence-electron chi connectivity index (χ4n) is 2.73. The van der Waals surface area contributed by atoms with Gasteiger partial charge >= 0.3 is 0 Å². The Morgan fingerprint density at radius 3 is 2.75 bits per heavy atom. The molecule has 0 spiro atoms. The van der Waals surface area contributed by atoms with E-state index in [4.69, 9.17) is 22.1 Å². The van der Waals surface area contributed by atoms with E-state index in [1.54, 1.807) is 0 Å². The molecule has 1 unspecified atom stereocenters. The molecular weight excluding hydrogens is 272 g/mol. The van der Waals surface area contributed by atoms with Crippen molar-refractivity contribution in [3.8, 4) is 0 Å². The molecule has 3 nitrogen and oxygen atoms in total. The first-order valence-corrected chi connectivity index (χ1v) is 7.84. The predicted octanol–water partition coefficient (Wildman–Crippen LogP) is 3.24. The van der Waals surface area contributed by atoms with Crippen molar-refractivity contribution in [1.29, 1.82) is 0 Å². The summed E-state index contributed by atoms with van der Waals surface area (Å²) in [5.74, 6) is 0. The Morgan fingerprint density at radius 2 is 2.10 bits per heavy atom. The highest BCUT2D eigenvalue weighted by Gasteiger charge is 2.21. The van der Waals surface area contributed by atoms with Crippen molar-refractivity contribution in [2.24, 2.45) is 5.73 Å². The van der Waals surface area contributed by atoms with Crippen LogP contribution in [0.2, 0.25) is 5.02 Å². The predicted molar refractivity (Wildman–Crippen MR) is 85.7 cm³/mol. The summed E-state index contributed by atoms with van der Waals surface area (Å²) in [6.07, 6.45) is 4.03. The van der Waals surface area contributed by atoms with Crippen LogP contribution in [0.5, 0.6) is 0 Å². The first-order chi connectivity index (χ1) is 9.61. The lowest BCUT2D eigenvalue weighted by Gasteiger charge is -2.34.